The molecule has 3 aromatic rings. The molecule has 0 aliphatic heterocycles. The van der Waals surface area contributed by atoms with Crippen LogP contribution in [0.1, 0.15) is 31.1 Å². The lowest BCUT2D eigenvalue weighted by atomic mass is 10.2. The molecule has 0 saturated carbocycles. The second-order valence-electron chi connectivity index (χ2n) is 7.97. The van der Waals surface area contributed by atoms with Gasteiger partial charge in [0, 0.05) is 18.1 Å². The van der Waals surface area contributed by atoms with Crippen molar-refractivity contribution in [3.05, 3.63) is 72.6 Å². The van der Waals surface area contributed by atoms with Crippen LogP contribution in [0.2, 0.25) is 0 Å². The number of nitrogens with one attached hydrogen (secondary N) is 2. The maximum atomic E-state index is 12.4. The molecule has 184 valence electrons. The summed E-state index contributed by atoms with van der Waals surface area (Å²) in [4.78, 5) is 32.4. The molecule has 10 nitrogen and oxygen atoms in total. The van der Waals surface area contributed by atoms with Crippen molar-refractivity contribution in [2.24, 2.45) is 5.92 Å². The zero-order chi connectivity index (χ0) is 25.4. The van der Waals surface area contributed by atoms with Gasteiger partial charge in [-0.1, -0.05) is 13.8 Å². The second kappa shape index (κ2) is 11.4. The molecule has 2 aromatic carbocycles. The Morgan fingerprint density at radius 2 is 1.57 bits per heavy atom. The third-order valence-electron chi connectivity index (χ3n) is 4.55. The van der Waals surface area contributed by atoms with Gasteiger partial charge < -0.3 is 14.8 Å². The highest BCUT2D eigenvalue weighted by molar-refractivity contribution is 7.92. The number of sulfonamides is 1. The van der Waals surface area contributed by atoms with Crippen LogP contribution in [0.4, 0.5) is 11.6 Å². The van der Waals surface area contributed by atoms with Gasteiger partial charge in [0.15, 0.2) is 6.10 Å². The zero-order valence-electron chi connectivity index (χ0n) is 19.5. The number of ether oxygens (including phenoxy) is 2. The minimum absolute atomic E-state index is 0.0387. The quantitative estimate of drug-likeness (QED) is 0.405. The Bertz CT molecular complexity index is 1250. The molecule has 35 heavy (non-hydrogen) atoms. The smallest absolute Gasteiger partial charge is 0.338 e. The van der Waals surface area contributed by atoms with Gasteiger partial charge in [0.05, 0.1) is 17.1 Å². The van der Waals surface area contributed by atoms with E-state index in [-0.39, 0.29) is 16.4 Å². The van der Waals surface area contributed by atoms with Crippen LogP contribution in [0.15, 0.2) is 71.9 Å². The van der Waals surface area contributed by atoms with E-state index in [1.807, 2.05) is 13.8 Å². The van der Waals surface area contributed by atoms with Crippen molar-refractivity contribution in [2.45, 2.75) is 31.8 Å². The summed E-state index contributed by atoms with van der Waals surface area (Å²) >= 11 is 0. The summed E-state index contributed by atoms with van der Waals surface area (Å²) in [7, 11) is -3.90. The van der Waals surface area contributed by atoms with E-state index in [4.69, 9.17) is 9.47 Å². The summed E-state index contributed by atoms with van der Waals surface area (Å²) in [6.07, 6.45) is 1.74. The zero-order valence-corrected chi connectivity index (χ0v) is 20.3. The first-order valence-corrected chi connectivity index (χ1v) is 12.3. The second-order valence-corrected chi connectivity index (χ2v) is 9.65. The number of aromatic nitrogens is 2. The number of benzene rings is 2. The molecule has 1 amide bonds. The van der Waals surface area contributed by atoms with E-state index in [2.05, 4.69) is 20.0 Å². The van der Waals surface area contributed by atoms with Crippen molar-refractivity contribution < 1.29 is 27.5 Å². The number of amides is 1. The van der Waals surface area contributed by atoms with Gasteiger partial charge in [-0.3, -0.25) is 4.79 Å². The Morgan fingerprint density at radius 1 is 0.943 bits per heavy atom. The van der Waals surface area contributed by atoms with Crippen molar-refractivity contribution >= 4 is 33.5 Å². The number of rotatable bonds is 10. The molecule has 0 unspecified atom stereocenters. The number of anilines is 2. The third-order valence-corrected chi connectivity index (χ3v) is 5.89. The lowest BCUT2D eigenvalue weighted by Crippen LogP contribution is -2.30. The van der Waals surface area contributed by atoms with Gasteiger partial charge in [-0.15, -0.1) is 0 Å². The van der Waals surface area contributed by atoms with Crippen LogP contribution in [-0.4, -0.2) is 43.0 Å². The SMILES string of the molecule is CC(C)COc1ccc(C(=O)O[C@H](C)C(=O)Nc2ccc(S(=O)(=O)Nc3ncccn3)cc2)cc1. The van der Waals surface area contributed by atoms with Crippen LogP contribution in [-0.2, 0) is 19.6 Å². The first-order chi connectivity index (χ1) is 16.6. The molecule has 2 N–H and O–H groups in total. The maximum Gasteiger partial charge on any atom is 0.338 e. The lowest BCUT2D eigenvalue weighted by Gasteiger charge is -2.14. The minimum Gasteiger partial charge on any atom is -0.493 e. The van der Waals surface area contributed by atoms with Crippen molar-refractivity contribution in [3.8, 4) is 5.75 Å². The van der Waals surface area contributed by atoms with Crippen molar-refractivity contribution in [1.82, 2.24) is 9.97 Å². The lowest BCUT2D eigenvalue weighted by molar-refractivity contribution is -0.123. The molecular formula is C24H26N4O6S. The monoisotopic (exact) mass is 498 g/mol. The average Bonchev–Trinajstić information content (AvgIpc) is 2.83. The molecule has 0 bridgehead atoms. The van der Waals surface area contributed by atoms with Crippen LogP contribution >= 0.6 is 0 Å². The first kappa shape index (κ1) is 25.6. The molecule has 11 heteroatoms. The van der Waals surface area contributed by atoms with Crippen LogP contribution in [0, 0.1) is 5.92 Å². The fourth-order valence-corrected chi connectivity index (χ4v) is 3.68. The number of nitrogens with zero attached hydrogens (tertiary/aromatic N) is 2. The Hall–Kier alpha value is -3.99. The van der Waals surface area contributed by atoms with Crippen LogP contribution in [0.3, 0.4) is 0 Å². The number of carbonyl (C=O) groups excluding carboxylic acids is 2. The molecule has 1 aromatic heterocycles. The van der Waals surface area contributed by atoms with Gasteiger partial charge in [-0.05, 0) is 67.4 Å². The Balaban J connectivity index is 1.55. The number of hydrogen-bond acceptors (Lipinski definition) is 8. The number of carbonyl (C=O) groups is 2. The van der Waals surface area contributed by atoms with E-state index in [0.717, 1.165) is 0 Å². The third kappa shape index (κ3) is 7.51. The predicted molar refractivity (Wildman–Crippen MR) is 130 cm³/mol. The summed E-state index contributed by atoms with van der Waals surface area (Å²) < 4.78 is 38.0. The Labute approximate surface area is 203 Å². The maximum absolute atomic E-state index is 12.4. The average molecular weight is 499 g/mol. The Morgan fingerprint density at radius 3 is 2.17 bits per heavy atom. The predicted octanol–water partition coefficient (Wildman–Crippen LogP) is 3.50. The van der Waals surface area contributed by atoms with E-state index < -0.39 is 28.0 Å². The van der Waals surface area contributed by atoms with E-state index in [9.17, 15) is 18.0 Å². The first-order valence-electron chi connectivity index (χ1n) is 10.8. The molecule has 3 rings (SSSR count). The topological polar surface area (TPSA) is 137 Å². The fourth-order valence-electron chi connectivity index (χ4n) is 2.72. The molecule has 0 radical (unpaired) electrons. The van der Waals surface area contributed by atoms with Gasteiger partial charge in [0.1, 0.15) is 5.75 Å². The molecular weight excluding hydrogens is 472 g/mol. The fraction of sp³-hybridized carbons (Fsp3) is 0.250. The molecule has 0 spiro atoms. The summed E-state index contributed by atoms with van der Waals surface area (Å²) in [5.41, 5.74) is 0.616. The molecule has 0 aliphatic rings. The van der Waals surface area contributed by atoms with E-state index >= 15 is 0 Å². The van der Waals surface area contributed by atoms with E-state index in [1.54, 1.807) is 30.3 Å². The number of hydrogen-bond donors (Lipinski definition) is 2. The van der Waals surface area contributed by atoms with Gasteiger partial charge in [-0.2, -0.15) is 0 Å². The summed E-state index contributed by atoms with van der Waals surface area (Å²) in [5.74, 6) is -0.267. The molecule has 1 atom stereocenters. The van der Waals surface area contributed by atoms with Gasteiger partial charge in [-0.25, -0.2) is 27.9 Å². The van der Waals surface area contributed by atoms with Crippen molar-refractivity contribution in [2.75, 3.05) is 16.6 Å². The molecule has 0 aliphatic carbocycles. The number of esters is 1. The van der Waals surface area contributed by atoms with Crippen molar-refractivity contribution in [1.29, 1.82) is 0 Å². The summed E-state index contributed by atoms with van der Waals surface area (Å²) in [6.45, 7) is 6.07. The Kier molecular flexibility index (Phi) is 8.37. The molecule has 0 saturated heterocycles. The van der Waals surface area contributed by atoms with Gasteiger partial charge in [0.2, 0.25) is 5.95 Å². The van der Waals surface area contributed by atoms with Crippen LogP contribution in [0.5, 0.6) is 5.75 Å². The standard InChI is InChI=1S/C24H26N4O6S/c1-16(2)15-33-20-9-5-18(6-10-20)23(30)34-17(3)22(29)27-19-7-11-21(12-8-19)35(31,32)28-24-25-13-4-14-26-24/h4-14,16-17H,15H2,1-3H3,(H,27,29)(H,25,26,28)/t17-/m1/s1. The van der Waals surface area contributed by atoms with Crippen molar-refractivity contribution in [3.63, 3.8) is 0 Å². The molecule has 1 heterocycles. The normalized spacial score (nSPS) is 12.0. The van der Waals surface area contributed by atoms with Crippen LogP contribution in [0.25, 0.3) is 0 Å². The van der Waals surface area contributed by atoms with E-state index in [0.29, 0.717) is 24.0 Å². The highest BCUT2D eigenvalue weighted by Gasteiger charge is 2.20. The molecule has 0 fully saturated rings. The summed E-state index contributed by atoms with van der Waals surface area (Å²) in [6, 6.07) is 13.5. The highest BCUT2D eigenvalue weighted by atomic mass is 32.2. The highest BCUT2D eigenvalue weighted by Crippen LogP contribution is 2.18. The van der Waals surface area contributed by atoms with Gasteiger partial charge in [0.25, 0.3) is 15.9 Å². The summed E-state index contributed by atoms with van der Waals surface area (Å²) in [5, 5.41) is 2.59. The van der Waals surface area contributed by atoms with Gasteiger partial charge >= 0.3 is 5.97 Å². The van der Waals surface area contributed by atoms with Crippen LogP contribution < -0.4 is 14.8 Å². The minimum atomic E-state index is -3.90. The van der Waals surface area contributed by atoms with E-state index in [1.165, 1.54) is 43.6 Å². The largest absolute Gasteiger partial charge is 0.493 e.